The molecule has 4 N–H and O–H groups in total. The summed E-state index contributed by atoms with van der Waals surface area (Å²) in [5.74, 6) is -0.317. The number of aromatic nitrogens is 2. The van der Waals surface area contributed by atoms with Crippen molar-refractivity contribution in [3.05, 3.63) is 83.1 Å². The Hall–Kier alpha value is -3.91. The second kappa shape index (κ2) is 9.52. The van der Waals surface area contributed by atoms with Gasteiger partial charge in [-0.1, -0.05) is 56.3 Å². The number of carbonyl (C=O) groups excluding carboxylic acids is 2. The number of fused-ring (bicyclic) bond motifs is 1. The van der Waals surface area contributed by atoms with Crippen LogP contribution in [0.5, 0.6) is 0 Å². The molecule has 0 bridgehead atoms. The molecule has 0 radical (unpaired) electrons. The maximum atomic E-state index is 12.9. The van der Waals surface area contributed by atoms with Crippen molar-refractivity contribution in [1.29, 1.82) is 0 Å². The van der Waals surface area contributed by atoms with Gasteiger partial charge in [-0.05, 0) is 37.1 Å². The second-order valence-corrected chi connectivity index (χ2v) is 9.06. The number of hydrogen-bond donors (Lipinski definition) is 4. The van der Waals surface area contributed by atoms with Gasteiger partial charge in [-0.15, -0.1) is 0 Å². The number of H-pyrrole nitrogens is 1. The van der Waals surface area contributed by atoms with Crippen LogP contribution in [0.25, 0.3) is 11.1 Å². The highest BCUT2D eigenvalue weighted by atomic mass is 16.3. The van der Waals surface area contributed by atoms with Gasteiger partial charge in [-0.25, -0.2) is 0 Å². The van der Waals surface area contributed by atoms with E-state index in [0.717, 1.165) is 17.7 Å². The van der Waals surface area contributed by atoms with Crippen LogP contribution in [0.2, 0.25) is 0 Å². The summed E-state index contributed by atoms with van der Waals surface area (Å²) < 4.78 is 5.76. The van der Waals surface area contributed by atoms with Crippen LogP contribution in [0.15, 0.2) is 65.1 Å². The fourth-order valence-corrected chi connectivity index (χ4v) is 3.56. The van der Waals surface area contributed by atoms with Crippen molar-refractivity contribution in [3.8, 4) is 0 Å². The van der Waals surface area contributed by atoms with Gasteiger partial charge in [0.2, 0.25) is 0 Å². The Morgan fingerprint density at radius 3 is 2.41 bits per heavy atom. The number of rotatable bonds is 8. The zero-order valence-electron chi connectivity index (χ0n) is 19.7. The molecule has 4 rings (SSSR count). The van der Waals surface area contributed by atoms with Crippen LogP contribution in [0.4, 0.5) is 5.82 Å². The maximum Gasteiger partial charge on any atom is 0.287 e. The Labute approximate surface area is 198 Å². The minimum absolute atomic E-state index is 0.130. The molecular formula is C26H29N5O3. The highest BCUT2D eigenvalue weighted by molar-refractivity contribution is 6.07. The largest absolute Gasteiger partial charge is 0.445 e. The summed E-state index contributed by atoms with van der Waals surface area (Å²) in [6.07, 6.45) is 0. The highest BCUT2D eigenvalue weighted by Gasteiger charge is 2.26. The van der Waals surface area contributed by atoms with E-state index in [9.17, 15) is 9.59 Å². The van der Waals surface area contributed by atoms with E-state index in [4.69, 9.17) is 4.42 Å². The molecule has 8 nitrogen and oxygen atoms in total. The first-order valence-electron chi connectivity index (χ1n) is 11.2. The van der Waals surface area contributed by atoms with E-state index in [1.165, 1.54) is 0 Å². The molecule has 0 spiro atoms. The van der Waals surface area contributed by atoms with E-state index >= 15 is 0 Å². The van der Waals surface area contributed by atoms with Crippen molar-refractivity contribution >= 4 is 28.7 Å². The third-order valence-electron chi connectivity index (χ3n) is 5.54. The fraction of sp³-hybridized carbons (Fsp3) is 0.269. The molecule has 0 aliphatic heterocycles. The Kier molecular flexibility index (Phi) is 6.51. The average Bonchev–Trinajstić information content (AvgIpc) is 3.40. The molecule has 2 amide bonds. The van der Waals surface area contributed by atoms with Crippen LogP contribution in [-0.2, 0) is 12.1 Å². The number of aromatic amines is 1. The molecule has 8 heteroatoms. The molecule has 2 aromatic carbocycles. The fourth-order valence-electron chi connectivity index (χ4n) is 3.56. The minimum Gasteiger partial charge on any atom is -0.445 e. The molecule has 0 atom stereocenters. The van der Waals surface area contributed by atoms with Gasteiger partial charge in [0.25, 0.3) is 11.8 Å². The van der Waals surface area contributed by atoms with Gasteiger partial charge in [0.05, 0.1) is 5.54 Å². The first-order valence-corrected chi connectivity index (χ1v) is 11.2. The molecule has 4 aromatic rings. The molecule has 0 aliphatic rings. The number of anilines is 1. The second-order valence-electron chi connectivity index (χ2n) is 9.06. The number of benzene rings is 2. The first-order chi connectivity index (χ1) is 16.2. The molecular weight excluding hydrogens is 430 g/mol. The third kappa shape index (κ3) is 5.18. The predicted molar refractivity (Wildman–Crippen MR) is 132 cm³/mol. The standard InChI is InChI=1S/C26H29N5O3/c1-16(2)27-15-17-10-12-18(13-11-17)24(32)28-23-22-20(30-31-23)14-21(34-22)25(33)29-26(3,4)19-8-6-5-7-9-19/h5-14,16,27H,15H2,1-4H3,(H,29,33)(H2,28,30,31,32). The van der Waals surface area contributed by atoms with E-state index in [0.29, 0.717) is 22.7 Å². The lowest BCUT2D eigenvalue weighted by Crippen LogP contribution is -2.40. The van der Waals surface area contributed by atoms with Crippen LogP contribution in [0.3, 0.4) is 0 Å². The molecule has 2 aromatic heterocycles. The molecule has 0 unspecified atom stereocenters. The smallest absolute Gasteiger partial charge is 0.287 e. The van der Waals surface area contributed by atoms with Crippen molar-refractivity contribution in [3.63, 3.8) is 0 Å². The van der Waals surface area contributed by atoms with Gasteiger partial charge in [0, 0.05) is 24.2 Å². The summed E-state index contributed by atoms with van der Waals surface area (Å²) in [6, 6.07) is 19.0. The summed E-state index contributed by atoms with van der Waals surface area (Å²) >= 11 is 0. The van der Waals surface area contributed by atoms with Gasteiger partial charge in [-0.3, -0.25) is 14.7 Å². The van der Waals surface area contributed by atoms with Gasteiger partial charge in [0.15, 0.2) is 17.2 Å². The molecule has 0 saturated heterocycles. The monoisotopic (exact) mass is 459 g/mol. The lowest BCUT2D eigenvalue weighted by molar-refractivity contribution is 0.0885. The molecule has 176 valence electrons. The van der Waals surface area contributed by atoms with Gasteiger partial charge >= 0.3 is 0 Å². The summed E-state index contributed by atoms with van der Waals surface area (Å²) in [5.41, 5.74) is 2.80. The number of hydrogen-bond acceptors (Lipinski definition) is 5. The van der Waals surface area contributed by atoms with E-state index < -0.39 is 5.54 Å². The Balaban J connectivity index is 1.45. The van der Waals surface area contributed by atoms with Crippen LogP contribution in [0, 0.1) is 0 Å². The molecule has 2 heterocycles. The number of furan rings is 1. The summed E-state index contributed by atoms with van der Waals surface area (Å²) in [5, 5.41) is 16.0. The number of nitrogens with one attached hydrogen (secondary N) is 4. The number of nitrogens with zero attached hydrogens (tertiary/aromatic N) is 1. The first kappa shape index (κ1) is 23.3. The number of amides is 2. The quantitative estimate of drug-likeness (QED) is 0.308. The van der Waals surface area contributed by atoms with Crippen LogP contribution in [0.1, 0.15) is 59.7 Å². The van der Waals surface area contributed by atoms with Crippen molar-refractivity contribution in [2.45, 2.75) is 45.8 Å². The molecule has 0 aliphatic carbocycles. The topological polar surface area (TPSA) is 112 Å². The zero-order chi connectivity index (χ0) is 24.3. The summed E-state index contributed by atoms with van der Waals surface area (Å²) in [7, 11) is 0. The SMILES string of the molecule is CC(C)NCc1ccc(C(=O)Nc2n[nH]c3cc(C(=O)NC(C)(C)c4ccccc4)oc23)cc1. The summed E-state index contributed by atoms with van der Waals surface area (Å²) in [4.78, 5) is 25.6. The lowest BCUT2D eigenvalue weighted by Gasteiger charge is -2.26. The Morgan fingerprint density at radius 2 is 1.74 bits per heavy atom. The average molecular weight is 460 g/mol. The minimum atomic E-state index is -0.592. The Morgan fingerprint density at radius 1 is 1.03 bits per heavy atom. The Bertz CT molecular complexity index is 1290. The maximum absolute atomic E-state index is 12.9. The van der Waals surface area contributed by atoms with Gasteiger partial charge < -0.3 is 20.4 Å². The van der Waals surface area contributed by atoms with Gasteiger partial charge in [-0.2, -0.15) is 5.10 Å². The van der Waals surface area contributed by atoms with Crippen LogP contribution >= 0.6 is 0 Å². The van der Waals surface area contributed by atoms with Crippen molar-refractivity contribution < 1.29 is 14.0 Å². The highest BCUT2D eigenvalue weighted by Crippen LogP contribution is 2.26. The molecule has 34 heavy (non-hydrogen) atoms. The van der Waals surface area contributed by atoms with E-state index in [1.54, 1.807) is 18.2 Å². The number of carbonyl (C=O) groups is 2. The van der Waals surface area contributed by atoms with Crippen molar-refractivity contribution in [2.75, 3.05) is 5.32 Å². The van der Waals surface area contributed by atoms with E-state index in [-0.39, 0.29) is 23.4 Å². The van der Waals surface area contributed by atoms with Crippen LogP contribution in [-0.4, -0.2) is 28.1 Å². The van der Waals surface area contributed by atoms with Gasteiger partial charge in [0.1, 0.15) is 5.52 Å². The summed E-state index contributed by atoms with van der Waals surface area (Å²) in [6.45, 7) is 8.75. The predicted octanol–water partition coefficient (Wildman–Crippen LogP) is 4.57. The van der Waals surface area contributed by atoms with Crippen molar-refractivity contribution in [1.82, 2.24) is 20.8 Å². The van der Waals surface area contributed by atoms with E-state index in [2.05, 4.69) is 40.0 Å². The molecule has 0 saturated carbocycles. The normalized spacial score (nSPS) is 11.7. The lowest BCUT2D eigenvalue weighted by atomic mass is 9.94. The van der Waals surface area contributed by atoms with Crippen LogP contribution < -0.4 is 16.0 Å². The van der Waals surface area contributed by atoms with E-state index in [1.807, 2.05) is 56.3 Å². The third-order valence-corrected chi connectivity index (χ3v) is 5.54. The van der Waals surface area contributed by atoms with Crippen molar-refractivity contribution in [2.24, 2.45) is 0 Å². The zero-order valence-corrected chi connectivity index (χ0v) is 19.7. The molecule has 0 fully saturated rings.